The molecule has 1 aromatic heterocycles. The van der Waals surface area contributed by atoms with Crippen molar-refractivity contribution in [2.24, 2.45) is 5.73 Å². The number of ether oxygens (including phenoxy) is 1. The second kappa shape index (κ2) is 5.05. The molecule has 0 aliphatic carbocycles. The standard InChI is InChI=1S/C15H19N3O/c1-2-18-7-6-17-15(18)10-13(16)11-3-4-14-12(9-11)5-8-19-14/h3-4,6-7,9,13H,2,5,8,10,16H2,1H3. The van der Waals surface area contributed by atoms with E-state index in [4.69, 9.17) is 10.5 Å². The zero-order valence-corrected chi connectivity index (χ0v) is 11.2. The number of aromatic nitrogens is 2. The van der Waals surface area contributed by atoms with E-state index in [0.717, 1.165) is 43.1 Å². The van der Waals surface area contributed by atoms with E-state index in [0.29, 0.717) is 0 Å². The van der Waals surface area contributed by atoms with Crippen molar-refractivity contribution in [2.45, 2.75) is 32.4 Å². The Labute approximate surface area is 113 Å². The van der Waals surface area contributed by atoms with Crippen LogP contribution in [0.5, 0.6) is 5.75 Å². The molecule has 1 atom stereocenters. The number of fused-ring (bicyclic) bond motifs is 1. The van der Waals surface area contributed by atoms with Gasteiger partial charge in [-0.25, -0.2) is 4.98 Å². The Morgan fingerprint density at radius 3 is 3.21 bits per heavy atom. The maximum Gasteiger partial charge on any atom is 0.122 e. The number of nitrogens with zero attached hydrogens (tertiary/aromatic N) is 2. The van der Waals surface area contributed by atoms with Crippen LogP contribution in [0.2, 0.25) is 0 Å². The molecule has 3 rings (SSSR count). The summed E-state index contributed by atoms with van der Waals surface area (Å²) < 4.78 is 7.65. The van der Waals surface area contributed by atoms with Crippen molar-refractivity contribution in [1.82, 2.24) is 9.55 Å². The molecule has 1 aliphatic rings. The number of hydrogen-bond donors (Lipinski definition) is 1. The summed E-state index contributed by atoms with van der Waals surface area (Å²) in [6.07, 6.45) is 5.58. The van der Waals surface area contributed by atoms with Gasteiger partial charge in [0.05, 0.1) is 6.61 Å². The molecular weight excluding hydrogens is 238 g/mol. The van der Waals surface area contributed by atoms with Crippen LogP contribution in [0.4, 0.5) is 0 Å². The summed E-state index contributed by atoms with van der Waals surface area (Å²) >= 11 is 0. The van der Waals surface area contributed by atoms with Crippen LogP contribution >= 0.6 is 0 Å². The third kappa shape index (κ3) is 2.36. The first-order valence-electron chi connectivity index (χ1n) is 6.79. The van der Waals surface area contributed by atoms with Crippen molar-refractivity contribution in [1.29, 1.82) is 0 Å². The van der Waals surface area contributed by atoms with Gasteiger partial charge >= 0.3 is 0 Å². The average molecular weight is 257 g/mol. The maximum atomic E-state index is 6.31. The molecule has 4 nitrogen and oxygen atoms in total. The minimum atomic E-state index is -0.0152. The normalized spacial score (nSPS) is 15.1. The Kier molecular flexibility index (Phi) is 3.25. The Balaban J connectivity index is 1.79. The highest BCUT2D eigenvalue weighted by atomic mass is 16.5. The molecule has 0 fully saturated rings. The number of benzene rings is 1. The van der Waals surface area contributed by atoms with E-state index >= 15 is 0 Å². The first-order valence-corrected chi connectivity index (χ1v) is 6.79. The lowest BCUT2D eigenvalue weighted by Crippen LogP contribution is -2.16. The summed E-state index contributed by atoms with van der Waals surface area (Å²) in [6, 6.07) is 6.25. The van der Waals surface area contributed by atoms with Crippen LogP contribution in [0.25, 0.3) is 0 Å². The van der Waals surface area contributed by atoms with Crippen LogP contribution in [-0.2, 0) is 19.4 Å². The summed E-state index contributed by atoms with van der Waals surface area (Å²) in [6.45, 7) is 3.83. The van der Waals surface area contributed by atoms with Gasteiger partial charge in [-0.3, -0.25) is 0 Å². The van der Waals surface area contributed by atoms with Crippen molar-refractivity contribution in [3.63, 3.8) is 0 Å². The molecule has 0 saturated carbocycles. The molecule has 1 unspecified atom stereocenters. The molecule has 100 valence electrons. The van der Waals surface area contributed by atoms with Crippen molar-refractivity contribution in [3.05, 3.63) is 47.5 Å². The van der Waals surface area contributed by atoms with Crippen molar-refractivity contribution in [3.8, 4) is 5.75 Å². The first-order chi connectivity index (χ1) is 9.28. The lowest BCUT2D eigenvalue weighted by Gasteiger charge is -2.13. The molecule has 2 heterocycles. The van der Waals surface area contributed by atoms with Gasteiger partial charge in [-0.05, 0) is 24.1 Å². The molecule has 0 saturated heterocycles. The Morgan fingerprint density at radius 2 is 2.37 bits per heavy atom. The average Bonchev–Trinajstić information content (AvgIpc) is 3.05. The van der Waals surface area contributed by atoms with Crippen molar-refractivity contribution < 1.29 is 4.74 Å². The first kappa shape index (κ1) is 12.2. The Hall–Kier alpha value is -1.81. The molecule has 1 aliphatic heterocycles. The smallest absolute Gasteiger partial charge is 0.122 e. The monoisotopic (exact) mass is 257 g/mol. The third-order valence-electron chi connectivity index (χ3n) is 3.69. The minimum Gasteiger partial charge on any atom is -0.493 e. The Bertz CT molecular complexity index is 577. The van der Waals surface area contributed by atoms with Gasteiger partial charge in [0.1, 0.15) is 11.6 Å². The quantitative estimate of drug-likeness (QED) is 0.912. The lowest BCUT2D eigenvalue weighted by molar-refractivity contribution is 0.357. The SMILES string of the molecule is CCn1ccnc1CC(N)c1ccc2c(c1)CCO2. The summed E-state index contributed by atoms with van der Waals surface area (Å²) in [5.41, 5.74) is 8.74. The second-order valence-corrected chi connectivity index (χ2v) is 4.91. The fourth-order valence-corrected chi connectivity index (χ4v) is 2.57. The highest BCUT2D eigenvalue weighted by Gasteiger charge is 2.16. The van der Waals surface area contributed by atoms with Gasteiger partial charge in [0.25, 0.3) is 0 Å². The van der Waals surface area contributed by atoms with Crippen molar-refractivity contribution in [2.75, 3.05) is 6.61 Å². The van der Waals surface area contributed by atoms with Crippen LogP contribution < -0.4 is 10.5 Å². The van der Waals surface area contributed by atoms with Gasteiger partial charge in [0.2, 0.25) is 0 Å². The molecule has 1 aromatic carbocycles. The van der Waals surface area contributed by atoms with Gasteiger partial charge in [0, 0.05) is 37.8 Å². The van der Waals surface area contributed by atoms with E-state index in [9.17, 15) is 0 Å². The summed E-state index contributed by atoms with van der Waals surface area (Å²) in [5.74, 6) is 2.05. The minimum absolute atomic E-state index is 0.0152. The number of nitrogens with two attached hydrogens (primary N) is 1. The molecule has 0 amide bonds. The van der Waals surface area contributed by atoms with Crippen molar-refractivity contribution >= 4 is 0 Å². The second-order valence-electron chi connectivity index (χ2n) is 4.91. The predicted molar refractivity (Wildman–Crippen MR) is 74.2 cm³/mol. The van der Waals surface area contributed by atoms with Gasteiger partial charge in [-0.15, -0.1) is 0 Å². The maximum absolute atomic E-state index is 6.31. The summed E-state index contributed by atoms with van der Waals surface area (Å²) in [4.78, 5) is 4.38. The summed E-state index contributed by atoms with van der Waals surface area (Å²) in [5, 5.41) is 0. The van der Waals surface area contributed by atoms with Crippen LogP contribution in [0.1, 0.15) is 29.9 Å². The van der Waals surface area contributed by atoms with Gasteiger partial charge in [0.15, 0.2) is 0 Å². The number of imidazole rings is 1. The predicted octanol–water partition coefficient (Wildman–Crippen LogP) is 2.08. The molecule has 4 heteroatoms. The Morgan fingerprint density at radius 1 is 1.47 bits per heavy atom. The summed E-state index contributed by atoms with van der Waals surface area (Å²) in [7, 11) is 0. The molecule has 0 spiro atoms. The molecular formula is C15H19N3O. The molecule has 2 N–H and O–H groups in total. The molecule has 0 radical (unpaired) electrons. The van der Waals surface area contributed by atoms with E-state index in [1.165, 1.54) is 5.56 Å². The molecule has 19 heavy (non-hydrogen) atoms. The lowest BCUT2D eigenvalue weighted by atomic mass is 10.0. The zero-order chi connectivity index (χ0) is 13.2. The van der Waals surface area contributed by atoms with E-state index < -0.39 is 0 Å². The fourth-order valence-electron chi connectivity index (χ4n) is 2.57. The van der Waals surface area contributed by atoms with E-state index in [1.54, 1.807) is 0 Å². The number of hydrogen-bond acceptors (Lipinski definition) is 3. The topological polar surface area (TPSA) is 53.1 Å². The van der Waals surface area contributed by atoms with Gasteiger partial charge in [-0.2, -0.15) is 0 Å². The van der Waals surface area contributed by atoms with Gasteiger partial charge in [-0.1, -0.05) is 12.1 Å². The van der Waals surface area contributed by atoms with E-state index in [1.807, 2.05) is 18.5 Å². The van der Waals surface area contributed by atoms with Gasteiger partial charge < -0.3 is 15.0 Å². The third-order valence-corrected chi connectivity index (χ3v) is 3.69. The number of aryl methyl sites for hydroxylation is 1. The van der Waals surface area contributed by atoms with E-state index in [2.05, 4.69) is 28.6 Å². The largest absolute Gasteiger partial charge is 0.493 e. The number of rotatable bonds is 4. The van der Waals surface area contributed by atoms with Crippen LogP contribution in [-0.4, -0.2) is 16.2 Å². The van der Waals surface area contributed by atoms with Crippen LogP contribution in [0.3, 0.4) is 0 Å². The highest BCUT2D eigenvalue weighted by Crippen LogP contribution is 2.28. The van der Waals surface area contributed by atoms with Crippen LogP contribution in [0, 0.1) is 0 Å². The fraction of sp³-hybridized carbons (Fsp3) is 0.400. The molecule has 2 aromatic rings. The molecule has 0 bridgehead atoms. The van der Waals surface area contributed by atoms with Crippen LogP contribution in [0.15, 0.2) is 30.6 Å². The zero-order valence-electron chi connectivity index (χ0n) is 11.2. The van der Waals surface area contributed by atoms with E-state index in [-0.39, 0.29) is 6.04 Å². The highest BCUT2D eigenvalue weighted by molar-refractivity contribution is 5.40.